The topological polar surface area (TPSA) is 48.5 Å². The van der Waals surface area contributed by atoms with E-state index in [2.05, 4.69) is 22.1 Å². The minimum absolute atomic E-state index is 0.0408. The number of nitrogens with zero attached hydrogens (tertiary/aromatic N) is 3. The van der Waals surface area contributed by atoms with E-state index in [1.807, 2.05) is 13.8 Å². The fourth-order valence-corrected chi connectivity index (χ4v) is 3.89. The number of amides is 1. The Balaban J connectivity index is 1.88. The molecule has 1 fully saturated rings. The predicted octanol–water partition coefficient (Wildman–Crippen LogP) is 2.75. The third-order valence-corrected chi connectivity index (χ3v) is 5.63. The molecule has 0 aromatic carbocycles. The SMILES string of the molecule is CC(C)C(F)(F)c1cc2c(cn1)C(C)(C)CN2C(=O)CN1CCN[C@H](C)C1. The summed E-state index contributed by atoms with van der Waals surface area (Å²) in [6, 6.07) is 1.76. The number of piperazine rings is 1. The van der Waals surface area contributed by atoms with Crippen LogP contribution in [-0.2, 0) is 16.1 Å². The third-order valence-electron chi connectivity index (χ3n) is 5.63. The van der Waals surface area contributed by atoms with Gasteiger partial charge in [-0.2, -0.15) is 8.78 Å². The molecule has 0 spiro atoms. The molecule has 3 rings (SSSR count). The minimum Gasteiger partial charge on any atom is -0.312 e. The van der Waals surface area contributed by atoms with Gasteiger partial charge in [-0.15, -0.1) is 0 Å². The van der Waals surface area contributed by atoms with E-state index in [-0.39, 0.29) is 17.0 Å². The van der Waals surface area contributed by atoms with E-state index in [1.54, 1.807) is 4.90 Å². The Morgan fingerprint density at radius 1 is 1.44 bits per heavy atom. The maximum atomic E-state index is 14.5. The van der Waals surface area contributed by atoms with Crippen molar-refractivity contribution < 1.29 is 13.6 Å². The third kappa shape index (κ3) is 3.85. The number of aromatic nitrogens is 1. The lowest BCUT2D eigenvalue weighted by Gasteiger charge is -2.32. The first-order valence-corrected chi connectivity index (χ1v) is 9.67. The summed E-state index contributed by atoms with van der Waals surface area (Å²) in [6.45, 7) is 12.4. The van der Waals surface area contributed by atoms with Gasteiger partial charge in [-0.05, 0) is 13.0 Å². The molecule has 1 aromatic rings. The van der Waals surface area contributed by atoms with Gasteiger partial charge in [0.15, 0.2) is 0 Å². The van der Waals surface area contributed by atoms with Gasteiger partial charge < -0.3 is 10.2 Å². The summed E-state index contributed by atoms with van der Waals surface area (Å²) in [4.78, 5) is 20.9. The van der Waals surface area contributed by atoms with Crippen LogP contribution in [0.3, 0.4) is 0 Å². The van der Waals surface area contributed by atoms with Crippen molar-refractivity contribution in [3.8, 4) is 0 Å². The van der Waals surface area contributed by atoms with Gasteiger partial charge in [0.05, 0.1) is 12.2 Å². The highest BCUT2D eigenvalue weighted by Crippen LogP contribution is 2.43. The van der Waals surface area contributed by atoms with Crippen molar-refractivity contribution in [2.75, 3.05) is 37.6 Å². The van der Waals surface area contributed by atoms with Gasteiger partial charge in [0, 0.05) is 55.3 Å². The highest BCUT2D eigenvalue weighted by atomic mass is 19.3. The number of alkyl halides is 2. The van der Waals surface area contributed by atoms with Crippen molar-refractivity contribution in [3.63, 3.8) is 0 Å². The van der Waals surface area contributed by atoms with Crippen molar-refractivity contribution in [2.24, 2.45) is 5.92 Å². The van der Waals surface area contributed by atoms with Crippen molar-refractivity contribution in [3.05, 3.63) is 23.5 Å². The second-order valence-electron chi connectivity index (χ2n) is 8.82. The lowest BCUT2D eigenvalue weighted by Crippen LogP contribution is -2.52. The number of anilines is 1. The molecule has 3 heterocycles. The number of carbonyl (C=O) groups excluding carboxylic acids is 1. The van der Waals surface area contributed by atoms with E-state index >= 15 is 0 Å². The number of halogens is 2. The number of nitrogens with one attached hydrogen (secondary N) is 1. The van der Waals surface area contributed by atoms with Crippen molar-refractivity contribution in [1.82, 2.24) is 15.2 Å². The molecule has 5 nitrogen and oxygen atoms in total. The summed E-state index contributed by atoms with van der Waals surface area (Å²) in [5, 5.41) is 3.36. The van der Waals surface area contributed by atoms with Gasteiger partial charge in [-0.25, -0.2) is 0 Å². The van der Waals surface area contributed by atoms with Crippen molar-refractivity contribution in [1.29, 1.82) is 0 Å². The highest BCUT2D eigenvalue weighted by Gasteiger charge is 2.43. The molecule has 1 atom stereocenters. The van der Waals surface area contributed by atoms with E-state index in [0.29, 0.717) is 24.8 Å². The molecule has 1 N–H and O–H groups in total. The molecule has 0 unspecified atom stereocenters. The second-order valence-corrected chi connectivity index (χ2v) is 8.82. The van der Waals surface area contributed by atoms with Gasteiger partial charge in [0.25, 0.3) is 5.92 Å². The van der Waals surface area contributed by atoms with E-state index in [9.17, 15) is 13.6 Å². The molecule has 0 aliphatic carbocycles. The minimum atomic E-state index is -3.02. The van der Waals surface area contributed by atoms with Gasteiger partial charge in [-0.3, -0.25) is 14.7 Å². The number of carbonyl (C=O) groups is 1. The molecule has 1 amide bonds. The predicted molar refractivity (Wildman–Crippen MR) is 102 cm³/mol. The van der Waals surface area contributed by atoms with E-state index in [4.69, 9.17) is 0 Å². The molecule has 2 aliphatic rings. The van der Waals surface area contributed by atoms with Crippen LogP contribution in [0.15, 0.2) is 12.3 Å². The zero-order valence-electron chi connectivity index (χ0n) is 16.9. The lowest BCUT2D eigenvalue weighted by atomic mass is 9.88. The first kappa shape index (κ1) is 20.1. The average molecular weight is 380 g/mol. The standard InChI is InChI=1S/C20H30F2N4O/c1-13(2)20(21,22)17-8-16-15(9-24-17)19(4,5)12-26(16)18(27)11-25-7-6-23-14(3)10-25/h8-9,13-14,23H,6-7,10-12H2,1-5H3/t14-/m1/s1. The zero-order valence-corrected chi connectivity index (χ0v) is 16.9. The quantitative estimate of drug-likeness (QED) is 0.873. The Bertz CT molecular complexity index is 720. The van der Waals surface area contributed by atoms with E-state index in [0.717, 1.165) is 25.2 Å². The first-order valence-electron chi connectivity index (χ1n) is 9.67. The molecule has 1 aromatic heterocycles. The molecule has 0 radical (unpaired) electrons. The van der Waals surface area contributed by atoms with Crippen LogP contribution >= 0.6 is 0 Å². The molecule has 27 heavy (non-hydrogen) atoms. The summed E-state index contributed by atoms with van der Waals surface area (Å²) in [7, 11) is 0. The van der Waals surface area contributed by atoms with Crippen LogP contribution in [0.25, 0.3) is 0 Å². The second kappa shape index (κ2) is 7.09. The zero-order chi connectivity index (χ0) is 20.0. The van der Waals surface area contributed by atoms with Gasteiger partial charge >= 0.3 is 0 Å². The summed E-state index contributed by atoms with van der Waals surface area (Å²) in [5.41, 5.74) is 0.870. The first-order chi connectivity index (χ1) is 12.5. The number of pyridine rings is 1. The number of hydrogen-bond acceptors (Lipinski definition) is 4. The van der Waals surface area contributed by atoms with Crippen LogP contribution in [0.2, 0.25) is 0 Å². The fraction of sp³-hybridized carbons (Fsp3) is 0.700. The molecule has 150 valence electrons. The number of fused-ring (bicyclic) bond motifs is 1. The summed E-state index contributed by atoms with van der Waals surface area (Å²) < 4.78 is 29.0. The Hall–Kier alpha value is -1.60. The highest BCUT2D eigenvalue weighted by molar-refractivity contribution is 5.97. The maximum Gasteiger partial charge on any atom is 0.291 e. The van der Waals surface area contributed by atoms with E-state index < -0.39 is 11.8 Å². The van der Waals surface area contributed by atoms with Crippen LogP contribution in [0.5, 0.6) is 0 Å². The fourth-order valence-electron chi connectivity index (χ4n) is 3.89. The summed E-state index contributed by atoms with van der Waals surface area (Å²) in [5.74, 6) is -3.92. The van der Waals surface area contributed by atoms with Crippen LogP contribution in [0.1, 0.15) is 45.9 Å². The Kier molecular flexibility index (Phi) is 5.29. The van der Waals surface area contributed by atoms with Gasteiger partial charge in [0.2, 0.25) is 5.91 Å². The molecular weight excluding hydrogens is 350 g/mol. The normalized spacial score (nSPS) is 23.0. The molecular formula is C20H30F2N4O. The molecule has 0 saturated carbocycles. The van der Waals surface area contributed by atoms with Gasteiger partial charge in [-0.1, -0.05) is 27.7 Å². The molecule has 1 saturated heterocycles. The largest absolute Gasteiger partial charge is 0.312 e. The van der Waals surface area contributed by atoms with Crippen LogP contribution in [-0.4, -0.2) is 54.6 Å². The van der Waals surface area contributed by atoms with Crippen LogP contribution < -0.4 is 10.2 Å². The summed E-state index contributed by atoms with van der Waals surface area (Å²) in [6.07, 6.45) is 1.53. The summed E-state index contributed by atoms with van der Waals surface area (Å²) >= 11 is 0. The monoisotopic (exact) mass is 380 g/mol. The van der Waals surface area contributed by atoms with Gasteiger partial charge in [0.1, 0.15) is 5.69 Å². The molecule has 0 bridgehead atoms. The van der Waals surface area contributed by atoms with Crippen molar-refractivity contribution >= 4 is 11.6 Å². The van der Waals surface area contributed by atoms with Crippen LogP contribution in [0.4, 0.5) is 14.5 Å². The number of rotatable bonds is 4. The molecule has 7 heteroatoms. The molecule has 2 aliphatic heterocycles. The van der Waals surface area contributed by atoms with Crippen LogP contribution in [0, 0.1) is 5.92 Å². The Morgan fingerprint density at radius 2 is 2.15 bits per heavy atom. The van der Waals surface area contributed by atoms with E-state index in [1.165, 1.54) is 26.1 Å². The Morgan fingerprint density at radius 3 is 2.78 bits per heavy atom. The number of hydrogen-bond donors (Lipinski definition) is 1. The average Bonchev–Trinajstić information content (AvgIpc) is 2.86. The lowest BCUT2D eigenvalue weighted by molar-refractivity contribution is -0.120. The Labute approximate surface area is 160 Å². The van der Waals surface area contributed by atoms with Crippen molar-refractivity contribution in [2.45, 2.75) is 52.0 Å². The smallest absolute Gasteiger partial charge is 0.291 e. The maximum absolute atomic E-state index is 14.5.